The molecule has 0 amide bonds. The zero-order chi connectivity index (χ0) is 15.3. The maximum atomic E-state index is 10.3. The molecular formula is C15H24HfO3. The fourth-order valence-electron chi connectivity index (χ4n) is 1.78. The number of phenols is 1. The second kappa shape index (κ2) is 7.22. The summed E-state index contributed by atoms with van der Waals surface area (Å²) in [4.78, 5) is 10.3. The van der Waals surface area contributed by atoms with Crippen LogP contribution in [0, 0.1) is 0 Å². The van der Waals surface area contributed by atoms with Crippen molar-refractivity contribution in [3.05, 3.63) is 29.8 Å². The average Bonchev–Trinajstić information content (AvgIpc) is 2.12. The topological polar surface area (TPSA) is 57.5 Å². The average molecular weight is 431 g/mol. The third-order valence-corrected chi connectivity index (χ3v) is 7.27. The van der Waals surface area contributed by atoms with Crippen LogP contribution in [0.25, 0.3) is 0 Å². The van der Waals surface area contributed by atoms with Crippen LogP contribution in [-0.4, -0.2) is 16.2 Å². The van der Waals surface area contributed by atoms with E-state index in [9.17, 15) is 4.79 Å². The van der Waals surface area contributed by atoms with E-state index in [0.29, 0.717) is 6.34 Å². The maximum absolute atomic E-state index is 10.3. The quantitative estimate of drug-likeness (QED) is 0.640. The van der Waals surface area contributed by atoms with Crippen LogP contribution in [0.5, 0.6) is 5.75 Å². The van der Waals surface area contributed by atoms with Crippen molar-refractivity contribution in [3.63, 3.8) is 0 Å². The zero-order valence-corrected chi connectivity index (χ0v) is 16.2. The van der Waals surface area contributed by atoms with E-state index in [2.05, 4.69) is 41.5 Å². The van der Waals surface area contributed by atoms with Crippen LogP contribution >= 0.6 is 0 Å². The van der Waals surface area contributed by atoms with Crippen molar-refractivity contribution in [3.8, 4) is 5.75 Å². The number of aromatic carboxylic acids is 1. The summed E-state index contributed by atoms with van der Waals surface area (Å²) in [6.07, 6.45) is 0. The number of rotatable bonds is 1. The van der Waals surface area contributed by atoms with Crippen molar-refractivity contribution in [2.75, 3.05) is 0 Å². The smallest absolute Gasteiger partial charge is 0.339 e. The molecule has 3 nitrogen and oxygen atoms in total. The van der Waals surface area contributed by atoms with Gasteiger partial charge < -0.3 is 10.2 Å². The molecule has 0 saturated carbocycles. The van der Waals surface area contributed by atoms with Gasteiger partial charge in [0.25, 0.3) is 0 Å². The molecule has 0 bridgehead atoms. The molecule has 0 heterocycles. The SMILES string of the molecule is C[C](C)(C)[Hf][C](C)(C)C.O=C(O)c1ccccc1O. The standard InChI is InChI=1S/C7H6O3.2C4H9.Hf/c8-6-4-2-1-3-5(6)7(9)10;2*1-4(2)3;/h1-4,8H,(H,9,10);2*1-3H3;. The van der Waals surface area contributed by atoms with Gasteiger partial charge in [0.05, 0.1) is 0 Å². The summed E-state index contributed by atoms with van der Waals surface area (Å²) in [6, 6.07) is 5.81. The van der Waals surface area contributed by atoms with Crippen molar-refractivity contribution in [1.82, 2.24) is 0 Å². The minimum absolute atomic E-state index is 0.0671. The molecule has 1 aromatic rings. The van der Waals surface area contributed by atoms with Crippen LogP contribution < -0.4 is 0 Å². The van der Waals surface area contributed by atoms with E-state index in [1.165, 1.54) is 12.1 Å². The van der Waals surface area contributed by atoms with Gasteiger partial charge in [-0.2, -0.15) is 0 Å². The van der Waals surface area contributed by atoms with Crippen LogP contribution in [0.1, 0.15) is 51.9 Å². The monoisotopic (exact) mass is 432 g/mol. The number of benzene rings is 1. The Bertz CT molecular complexity index is 402. The normalized spacial score (nSPS) is 11.3. The molecule has 0 aromatic heterocycles. The molecule has 2 N–H and O–H groups in total. The molecule has 4 heteroatoms. The molecule has 1 aromatic carbocycles. The Kier molecular flexibility index (Phi) is 6.98. The summed E-state index contributed by atoms with van der Waals surface area (Å²) in [6.45, 7) is 14.3. The summed E-state index contributed by atoms with van der Waals surface area (Å²) in [5.74, 6) is -1.31. The van der Waals surface area contributed by atoms with Crippen LogP contribution in [-0.2, 0) is 22.9 Å². The molecule has 0 radical (unpaired) electrons. The van der Waals surface area contributed by atoms with Gasteiger partial charge in [-0.15, -0.1) is 0 Å². The Balaban J connectivity index is 0.000000344. The summed E-state index contributed by atoms with van der Waals surface area (Å²) in [7, 11) is 0. The van der Waals surface area contributed by atoms with E-state index >= 15 is 0 Å². The third-order valence-electron chi connectivity index (χ3n) is 1.88. The summed E-state index contributed by atoms with van der Waals surface area (Å²) < 4.78 is 1.36. The molecule has 0 aliphatic carbocycles. The second-order valence-corrected chi connectivity index (χ2v) is 18.1. The van der Waals surface area contributed by atoms with Crippen LogP contribution in [0.2, 0.25) is 6.34 Å². The number of aromatic hydroxyl groups is 1. The molecule has 0 aliphatic heterocycles. The third kappa shape index (κ3) is 9.88. The van der Waals surface area contributed by atoms with Crippen molar-refractivity contribution in [2.24, 2.45) is 0 Å². The van der Waals surface area contributed by atoms with E-state index < -0.39 is 28.9 Å². The van der Waals surface area contributed by atoms with Crippen molar-refractivity contribution >= 4 is 5.97 Å². The predicted octanol–water partition coefficient (Wildman–Crippen LogP) is 4.60. The van der Waals surface area contributed by atoms with E-state index in [1.54, 1.807) is 12.1 Å². The Labute approximate surface area is 127 Å². The first-order valence-electron chi connectivity index (χ1n) is 6.23. The summed E-state index contributed by atoms with van der Waals surface area (Å²) >= 11 is -0.394. The van der Waals surface area contributed by atoms with Crippen molar-refractivity contribution in [2.45, 2.75) is 47.9 Å². The fourth-order valence-corrected chi connectivity index (χ4v) is 9.86. The van der Waals surface area contributed by atoms with Crippen LogP contribution in [0.15, 0.2) is 24.3 Å². The van der Waals surface area contributed by atoms with E-state index in [1.807, 2.05) is 0 Å². The van der Waals surface area contributed by atoms with Gasteiger partial charge >= 0.3 is 76.8 Å². The van der Waals surface area contributed by atoms with Crippen LogP contribution in [0.3, 0.4) is 0 Å². The Morgan fingerprint density at radius 1 is 1.00 bits per heavy atom. The Morgan fingerprint density at radius 2 is 1.42 bits per heavy atom. The molecule has 0 fully saturated rings. The van der Waals surface area contributed by atoms with Crippen molar-refractivity contribution < 1.29 is 37.9 Å². The minimum Gasteiger partial charge on any atom is -0.507 e. The first-order valence-corrected chi connectivity index (χ1v) is 9.82. The van der Waals surface area contributed by atoms with Gasteiger partial charge in [-0.1, -0.05) is 12.1 Å². The molecule has 19 heavy (non-hydrogen) atoms. The minimum atomic E-state index is -1.11. The molecule has 0 atom stereocenters. The number of para-hydroxylation sites is 1. The van der Waals surface area contributed by atoms with Gasteiger partial charge in [0, 0.05) is 0 Å². The molecule has 0 spiro atoms. The zero-order valence-electron chi connectivity index (χ0n) is 12.6. The fraction of sp³-hybridized carbons (Fsp3) is 0.533. The molecule has 0 unspecified atom stereocenters. The van der Waals surface area contributed by atoms with Crippen LogP contribution in [0.4, 0.5) is 0 Å². The number of carboxylic acids is 1. The molecule has 0 aliphatic rings. The van der Waals surface area contributed by atoms with E-state index in [-0.39, 0.29) is 11.3 Å². The molecule has 106 valence electrons. The largest absolute Gasteiger partial charge is 0.507 e. The molecule has 1 rings (SSSR count). The Hall–Kier alpha value is -0.640. The molecule has 0 saturated heterocycles. The van der Waals surface area contributed by atoms with Gasteiger partial charge in [0.2, 0.25) is 0 Å². The Morgan fingerprint density at radius 3 is 1.63 bits per heavy atom. The maximum Gasteiger partial charge on any atom is 0.339 e. The molecular weight excluding hydrogens is 407 g/mol. The number of carbonyl (C=O) groups is 1. The first kappa shape index (κ1) is 18.4. The predicted molar refractivity (Wildman–Crippen MR) is 74.5 cm³/mol. The van der Waals surface area contributed by atoms with Gasteiger partial charge in [-0.3, -0.25) is 0 Å². The summed E-state index contributed by atoms with van der Waals surface area (Å²) in [5.41, 5.74) is -0.0671. The van der Waals surface area contributed by atoms with Crippen molar-refractivity contribution in [1.29, 1.82) is 0 Å². The van der Waals surface area contributed by atoms with E-state index in [0.717, 1.165) is 0 Å². The van der Waals surface area contributed by atoms with E-state index in [4.69, 9.17) is 10.2 Å². The van der Waals surface area contributed by atoms with Gasteiger partial charge in [-0.05, 0) is 12.1 Å². The first-order chi connectivity index (χ1) is 8.42. The number of carboxylic acid groups (broad SMARTS) is 1. The van der Waals surface area contributed by atoms with Gasteiger partial charge in [-0.25, -0.2) is 4.79 Å². The van der Waals surface area contributed by atoms with Gasteiger partial charge in [0.1, 0.15) is 11.3 Å². The summed E-state index contributed by atoms with van der Waals surface area (Å²) in [5, 5.41) is 17.3. The van der Waals surface area contributed by atoms with Gasteiger partial charge in [0.15, 0.2) is 0 Å². The second-order valence-electron chi connectivity index (χ2n) is 6.45. The number of hydrogen-bond donors (Lipinski definition) is 2. The number of hydrogen-bond acceptors (Lipinski definition) is 2.